The van der Waals surface area contributed by atoms with Crippen LogP contribution in [0.5, 0.6) is 0 Å². The number of nitrogens with two attached hydrogens (primary N) is 2. The molecule has 0 fully saturated rings. The van der Waals surface area contributed by atoms with Gasteiger partial charge in [0.2, 0.25) is 5.96 Å². The Hall–Kier alpha value is -1.66. The van der Waals surface area contributed by atoms with Crippen molar-refractivity contribution in [1.82, 2.24) is 5.43 Å². The highest BCUT2D eigenvalue weighted by Gasteiger charge is 2.10. The summed E-state index contributed by atoms with van der Waals surface area (Å²) in [5, 5.41) is 3.52. The largest absolute Gasteiger partial charge is 0.369 e. The lowest BCUT2D eigenvalue weighted by Crippen LogP contribution is -2.35. The average Bonchev–Trinajstić information content (AvgIpc) is 2.30. The number of hydrogen-bond donors (Lipinski definition) is 3. The Morgan fingerprint density at radius 2 is 1.88 bits per heavy atom. The van der Waals surface area contributed by atoms with Gasteiger partial charge in [0.15, 0.2) is 0 Å². The normalized spacial score (nSPS) is 10.8. The van der Waals surface area contributed by atoms with Crippen LogP contribution < -0.4 is 21.3 Å². The molecule has 0 aliphatic carbocycles. The van der Waals surface area contributed by atoms with Crippen LogP contribution >= 0.6 is 23.6 Å². The highest BCUT2D eigenvalue weighted by atomic mass is 35.5. The smallest absolute Gasteiger partial charge is 0.251 e. The van der Waals surface area contributed by atoms with Gasteiger partial charge in [-0.05, 0) is 12.1 Å². The van der Waals surface area contributed by atoms with Crippen molar-refractivity contribution in [3.8, 4) is 0 Å². The summed E-state index contributed by atoms with van der Waals surface area (Å²) in [5.41, 5.74) is 13.4. The Bertz CT molecular complexity index is 387. The number of guanidine groups is 2. The van der Waals surface area contributed by atoms with Crippen LogP contribution in [0.1, 0.15) is 0 Å². The van der Waals surface area contributed by atoms with Gasteiger partial charge in [-0.15, -0.1) is 9.61 Å². The summed E-state index contributed by atoms with van der Waals surface area (Å²) in [6.45, 7) is 0. The van der Waals surface area contributed by atoms with Crippen LogP contribution in [-0.4, -0.2) is 11.9 Å². The molecule has 5 N–H and O–H groups in total. The molecule has 0 aliphatic heterocycles. The third kappa shape index (κ3) is 3.48. The van der Waals surface area contributed by atoms with Crippen molar-refractivity contribution >= 4 is 41.2 Å². The van der Waals surface area contributed by atoms with E-state index in [-0.39, 0.29) is 11.9 Å². The third-order valence-electron chi connectivity index (χ3n) is 1.53. The molecule has 0 amide bonds. The fraction of sp³-hybridized carbons (Fsp3) is 0. The summed E-state index contributed by atoms with van der Waals surface area (Å²) in [6, 6.07) is 9.03. The molecule has 0 bridgehead atoms. The maximum absolute atomic E-state index is 5.96. The number of hydrazone groups is 1. The fourth-order valence-corrected chi connectivity index (χ4v) is 1.23. The highest BCUT2D eigenvalue weighted by molar-refractivity contribution is 6.39. The second kappa shape index (κ2) is 6.04. The molecule has 0 unspecified atom stereocenters. The first-order valence-corrected chi connectivity index (χ1v) is 4.87. The van der Waals surface area contributed by atoms with Gasteiger partial charge < -0.3 is 11.5 Å². The van der Waals surface area contributed by atoms with E-state index in [2.05, 4.69) is 15.0 Å². The summed E-state index contributed by atoms with van der Waals surface area (Å²) in [5.74, 6) is -0.0705. The number of anilines is 1. The van der Waals surface area contributed by atoms with Crippen molar-refractivity contribution in [3.63, 3.8) is 0 Å². The van der Waals surface area contributed by atoms with Gasteiger partial charge in [-0.2, -0.15) is 0 Å². The Morgan fingerprint density at radius 1 is 1.25 bits per heavy atom. The zero-order chi connectivity index (χ0) is 12.0. The second-order valence-corrected chi connectivity index (χ2v) is 3.18. The SMILES string of the molecule is NC(N)=NNC(=NCl)N(Cl)c1ccccc1. The molecule has 6 nitrogen and oxygen atoms in total. The molecule has 86 valence electrons. The van der Waals surface area contributed by atoms with Crippen molar-refractivity contribution in [1.29, 1.82) is 0 Å². The predicted octanol–water partition coefficient (Wildman–Crippen LogP) is 0.935. The molecule has 0 aromatic heterocycles. The number of halogens is 2. The van der Waals surface area contributed by atoms with E-state index >= 15 is 0 Å². The van der Waals surface area contributed by atoms with E-state index in [4.69, 9.17) is 35.0 Å². The molecular weight excluding hydrogens is 251 g/mol. The summed E-state index contributed by atoms with van der Waals surface area (Å²) in [7, 11) is 0. The van der Waals surface area contributed by atoms with Gasteiger partial charge in [-0.3, -0.25) is 0 Å². The molecular formula is C8H10Cl2N6. The number of benzene rings is 1. The van der Waals surface area contributed by atoms with E-state index in [9.17, 15) is 0 Å². The van der Waals surface area contributed by atoms with Crippen LogP contribution in [0.2, 0.25) is 0 Å². The lowest BCUT2D eigenvalue weighted by Gasteiger charge is -2.15. The summed E-state index contributed by atoms with van der Waals surface area (Å²) in [6.07, 6.45) is 0. The lowest BCUT2D eigenvalue weighted by molar-refractivity contribution is 0.997. The summed E-state index contributed by atoms with van der Waals surface area (Å²) < 4.78 is 4.57. The van der Waals surface area contributed by atoms with E-state index in [0.29, 0.717) is 5.69 Å². The average molecular weight is 261 g/mol. The molecule has 0 radical (unpaired) electrons. The number of para-hydroxylation sites is 1. The highest BCUT2D eigenvalue weighted by Crippen LogP contribution is 2.15. The van der Waals surface area contributed by atoms with Gasteiger partial charge in [0.25, 0.3) is 5.96 Å². The molecule has 0 saturated carbocycles. The second-order valence-electron chi connectivity index (χ2n) is 2.67. The topological polar surface area (TPSA) is 92.0 Å². The van der Waals surface area contributed by atoms with Gasteiger partial charge in [-0.1, -0.05) is 18.2 Å². The van der Waals surface area contributed by atoms with Crippen molar-refractivity contribution in [3.05, 3.63) is 30.3 Å². The molecule has 8 heteroatoms. The van der Waals surface area contributed by atoms with Crippen LogP contribution in [0.3, 0.4) is 0 Å². The van der Waals surface area contributed by atoms with Crippen molar-refractivity contribution in [2.24, 2.45) is 21.1 Å². The summed E-state index contributed by atoms with van der Waals surface area (Å²) >= 11 is 11.3. The number of nitrogens with zero attached hydrogens (tertiary/aromatic N) is 3. The van der Waals surface area contributed by atoms with Crippen LogP contribution in [0, 0.1) is 0 Å². The quantitative estimate of drug-likeness (QED) is 0.319. The number of hydrogen-bond acceptors (Lipinski definition) is 2. The zero-order valence-corrected chi connectivity index (χ0v) is 9.65. The van der Waals surface area contributed by atoms with Crippen molar-refractivity contribution in [2.45, 2.75) is 0 Å². The van der Waals surface area contributed by atoms with Crippen LogP contribution in [-0.2, 0) is 0 Å². The monoisotopic (exact) mass is 260 g/mol. The molecule has 0 saturated heterocycles. The van der Waals surface area contributed by atoms with E-state index in [1.807, 2.05) is 18.2 Å². The Kier molecular flexibility index (Phi) is 4.68. The first-order chi connectivity index (χ1) is 7.65. The van der Waals surface area contributed by atoms with E-state index < -0.39 is 0 Å². The van der Waals surface area contributed by atoms with Crippen molar-refractivity contribution < 1.29 is 0 Å². The van der Waals surface area contributed by atoms with Crippen molar-refractivity contribution in [2.75, 3.05) is 4.42 Å². The van der Waals surface area contributed by atoms with E-state index in [0.717, 1.165) is 0 Å². The van der Waals surface area contributed by atoms with Gasteiger partial charge >= 0.3 is 0 Å². The van der Waals surface area contributed by atoms with E-state index in [1.54, 1.807) is 12.1 Å². The predicted molar refractivity (Wildman–Crippen MR) is 67.0 cm³/mol. The number of nitrogens with one attached hydrogen (secondary N) is 1. The minimum Gasteiger partial charge on any atom is -0.369 e. The maximum Gasteiger partial charge on any atom is 0.251 e. The lowest BCUT2D eigenvalue weighted by atomic mass is 10.3. The fourth-order valence-electron chi connectivity index (χ4n) is 0.892. The van der Waals surface area contributed by atoms with Gasteiger partial charge in [0.1, 0.15) is 0 Å². The van der Waals surface area contributed by atoms with E-state index in [1.165, 1.54) is 4.42 Å². The molecule has 0 heterocycles. The van der Waals surface area contributed by atoms with Gasteiger partial charge in [0.05, 0.1) is 5.69 Å². The Balaban J connectivity index is 2.79. The van der Waals surface area contributed by atoms with Gasteiger partial charge in [0, 0.05) is 23.6 Å². The van der Waals surface area contributed by atoms with Crippen LogP contribution in [0.15, 0.2) is 39.9 Å². The molecule has 0 spiro atoms. The van der Waals surface area contributed by atoms with Gasteiger partial charge in [-0.25, -0.2) is 9.84 Å². The minimum atomic E-state index is -0.157. The first-order valence-electron chi connectivity index (χ1n) is 4.19. The standard InChI is InChI=1S/C8H10Cl2N6/c9-13-8(15-14-7(11)12)16(10)6-4-2-1-3-5-6/h1-5H,(H,13,15)(H4,11,12,14). The third-order valence-corrected chi connectivity index (χ3v) is 2.05. The maximum atomic E-state index is 5.96. The molecule has 1 aromatic carbocycles. The molecule has 1 rings (SSSR count). The first kappa shape index (κ1) is 12.4. The molecule has 1 aromatic rings. The van der Waals surface area contributed by atoms with Crippen LogP contribution in [0.4, 0.5) is 5.69 Å². The zero-order valence-electron chi connectivity index (χ0n) is 8.14. The summed E-state index contributed by atoms with van der Waals surface area (Å²) in [4.78, 5) is 0. The molecule has 0 aliphatic rings. The Morgan fingerprint density at radius 3 is 2.38 bits per heavy atom. The van der Waals surface area contributed by atoms with Crippen LogP contribution in [0.25, 0.3) is 0 Å². The molecule has 0 atom stereocenters. The number of rotatable bonds is 2. The Labute approximate surface area is 103 Å². The minimum absolute atomic E-state index is 0.0860. The molecule has 16 heavy (non-hydrogen) atoms.